The number of hydrogen-bond acceptors (Lipinski definition) is 5. The van der Waals surface area contributed by atoms with E-state index in [-0.39, 0.29) is 5.91 Å². The Morgan fingerprint density at radius 2 is 1.84 bits per heavy atom. The first-order valence-corrected chi connectivity index (χ1v) is 8.26. The molecule has 1 fully saturated rings. The van der Waals surface area contributed by atoms with Crippen LogP contribution < -0.4 is 11.1 Å². The van der Waals surface area contributed by atoms with E-state index in [2.05, 4.69) is 10.2 Å². The molecule has 7 nitrogen and oxygen atoms in total. The zero-order valence-electron chi connectivity index (χ0n) is 11.8. The molecular weight excluding hydrogens is 268 g/mol. The minimum Gasteiger partial charge on any atom is -0.368 e. The smallest absolute Gasteiger partial charge is 0.238 e. The van der Waals surface area contributed by atoms with Crippen LogP contribution in [0.3, 0.4) is 0 Å². The predicted molar refractivity (Wildman–Crippen MR) is 74.1 cm³/mol. The van der Waals surface area contributed by atoms with Crippen molar-refractivity contribution in [3.05, 3.63) is 0 Å². The molecule has 0 aromatic rings. The molecule has 1 saturated heterocycles. The van der Waals surface area contributed by atoms with Gasteiger partial charge in [-0.25, -0.2) is 8.42 Å². The fourth-order valence-electron chi connectivity index (χ4n) is 2.28. The summed E-state index contributed by atoms with van der Waals surface area (Å²) in [6, 6.07) is 0. The second-order valence-electron chi connectivity index (χ2n) is 5.16. The summed E-state index contributed by atoms with van der Waals surface area (Å²) in [6.07, 6.45) is 1.22. The van der Waals surface area contributed by atoms with Gasteiger partial charge >= 0.3 is 0 Å². The lowest BCUT2D eigenvalue weighted by Crippen LogP contribution is -2.61. The van der Waals surface area contributed by atoms with Crippen molar-refractivity contribution in [3.63, 3.8) is 0 Å². The van der Waals surface area contributed by atoms with Crippen LogP contribution in [0.1, 0.15) is 13.8 Å². The summed E-state index contributed by atoms with van der Waals surface area (Å²) in [6.45, 7) is 6.99. The third-order valence-corrected chi connectivity index (χ3v) is 4.75. The highest BCUT2D eigenvalue weighted by atomic mass is 32.2. The first kappa shape index (κ1) is 16.4. The van der Waals surface area contributed by atoms with Gasteiger partial charge in [0.25, 0.3) is 0 Å². The Kier molecular flexibility index (Phi) is 5.31. The molecule has 112 valence electrons. The van der Waals surface area contributed by atoms with Gasteiger partial charge in [0.05, 0.1) is 6.26 Å². The Bertz CT molecular complexity index is 418. The van der Waals surface area contributed by atoms with Crippen LogP contribution in [0.5, 0.6) is 0 Å². The van der Waals surface area contributed by atoms with Gasteiger partial charge in [-0.05, 0) is 13.5 Å². The van der Waals surface area contributed by atoms with Crippen molar-refractivity contribution in [3.8, 4) is 0 Å². The highest BCUT2D eigenvalue weighted by Crippen LogP contribution is 2.11. The molecule has 3 N–H and O–H groups in total. The number of amides is 1. The van der Waals surface area contributed by atoms with Crippen LogP contribution >= 0.6 is 0 Å². The summed E-state index contributed by atoms with van der Waals surface area (Å²) in [5.74, 6) is -0.389. The summed E-state index contributed by atoms with van der Waals surface area (Å²) in [5, 5.41) is 3.10. The van der Waals surface area contributed by atoms with E-state index in [9.17, 15) is 13.2 Å². The molecule has 1 heterocycles. The molecule has 0 aromatic carbocycles. The van der Waals surface area contributed by atoms with Crippen molar-refractivity contribution in [2.75, 3.05) is 45.5 Å². The second kappa shape index (κ2) is 6.17. The number of primary amides is 1. The summed E-state index contributed by atoms with van der Waals surface area (Å²) in [7, 11) is -3.12. The van der Waals surface area contributed by atoms with Crippen LogP contribution in [0, 0.1) is 0 Å². The van der Waals surface area contributed by atoms with E-state index >= 15 is 0 Å². The number of carbonyl (C=O) groups is 1. The lowest BCUT2D eigenvalue weighted by Gasteiger charge is -2.38. The molecule has 0 bridgehead atoms. The topological polar surface area (TPSA) is 95.7 Å². The number of carbonyl (C=O) groups excluding carboxylic acids is 1. The number of sulfonamides is 1. The van der Waals surface area contributed by atoms with Crippen molar-refractivity contribution in [1.29, 1.82) is 0 Å². The summed E-state index contributed by atoms with van der Waals surface area (Å²) in [5.41, 5.74) is 4.66. The number of likely N-dealkylation sites (N-methyl/N-ethyl adjacent to an activating group) is 1. The van der Waals surface area contributed by atoms with E-state index < -0.39 is 15.6 Å². The maximum Gasteiger partial charge on any atom is 0.238 e. The quantitative estimate of drug-likeness (QED) is 0.616. The number of nitrogens with zero attached hydrogens (tertiary/aromatic N) is 2. The van der Waals surface area contributed by atoms with Crippen LogP contribution in [-0.4, -0.2) is 74.6 Å². The predicted octanol–water partition coefficient (Wildman–Crippen LogP) is -1.58. The fourth-order valence-corrected chi connectivity index (χ4v) is 3.10. The van der Waals surface area contributed by atoms with Crippen LogP contribution in [0.4, 0.5) is 0 Å². The monoisotopic (exact) mass is 292 g/mol. The Morgan fingerprint density at radius 3 is 2.21 bits per heavy atom. The van der Waals surface area contributed by atoms with Gasteiger partial charge in [0.2, 0.25) is 15.9 Å². The Labute approximate surface area is 115 Å². The fraction of sp³-hybridized carbons (Fsp3) is 0.909. The van der Waals surface area contributed by atoms with E-state index in [4.69, 9.17) is 5.73 Å². The summed E-state index contributed by atoms with van der Waals surface area (Å²) in [4.78, 5) is 13.6. The third-order valence-electron chi connectivity index (χ3n) is 3.45. The molecule has 8 heteroatoms. The van der Waals surface area contributed by atoms with Gasteiger partial charge in [-0.2, -0.15) is 4.31 Å². The molecule has 0 aromatic heterocycles. The lowest BCUT2D eigenvalue weighted by atomic mass is 10.0. The highest BCUT2D eigenvalue weighted by molar-refractivity contribution is 7.88. The van der Waals surface area contributed by atoms with E-state index in [1.807, 2.05) is 6.92 Å². The summed E-state index contributed by atoms with van der Waals surface area (Å²) >= 11 is 0. The average molecular weight is 292 g/mol. The SMILES string of the molecule is CCNC(C)(CN1CCN(S(C)(=O)=O)CC1)C(N)=O. The number of rotatable bonds is 6. The zero-order chi connectivity index (χ0) is 14.7. The molecule has 1 aliphatic rings. The molecule has 0 spiro atoms. The standard InChI is InChI=1S/C11H24N4O3S/c1-4-13-11(2,10(12)16)9-14-5-7-15(8-6-14)19(3,17)18/h13H,4-9H2,1-3H3,(H2,12,16). The van der Waals surface area contributed by atoms with Gasteiger partial charge in [-0.15, -0.1) is 0 Å². The molecule has 0 radical (unpaired) electrons. The van der Waals surface area contributed by atoms with Gasteiger partial charge in [-0.1, -0.05) is 6.92 Å². The second-order valence-corrected chi connectivity index (χ2v) is 7.15. The number of nitrogens with two attached hydrogens (primary N) is 1. The van der Waals surface area contributed by atoms with Crippen molar-refractivity contribution in [2.24, 2.45) is 5.73 Å². The maximum atomic E-state index is 11.5. The van der Waals surface area contributed by atoms with Gasteiger partial charge < -0.3 is 11.1 Å². The molecule has 0 saturated carbocycles. The lowest BCUT2D eigenvalue weighted by molar-refractivity contribution is -0.124. The average Bonchev–Trinajstić information content (AvgIpc) is 2.28. The number of hydrogen-bond donors (Lipinski definition) is 2. The maximum absolute atomic E-state index is 11.5. The van der Waals surface area contributed by atoms with Gasteiger partial charge in [-0.3, -0.25) is 9.69 Å². The molecule has 1 amide bonds. The Morgan fingerprint density at radius 1 is 1.32 bits per heavy atom. The highest BCUT2D eigenvalue weighted by Gasteiger charge is 2.34. The first-order valence-electron chi connectivity index (χ1n) is 6.41. The minimum absolute atomic E-state index is 0.389. The van der Waals surface area contributed by atoms with Crippen LogP contribution in [0.15, 0.2) is 0 Å². The molecule has 1 atom stereocenters. The van der Waals surface area contributed by atoms with Crippen molar-refractivity contribution in [1.82, 2.24) is 14.5 Å². The molecule has 1 rings (SSSR count). The largest absolute Gasteiger partial charge is 0.368 e. The summed E-state index contributed by atoms with van der Waals surface area (Å²) < 4.78 is 24.3. The molecule has 1 aliphatic heterocycles. The number of piperazine rings is 1. The first-order chi connectivity index (χ1) is 8.69. The van der Waals surface area contributed by atoms with E-state index in [0.29, 0.717) is 39.3 Å². The van der Waals surface area contributed by atoms with Gasteiger partial charge in [0, 0.05) is 32.7 Å². The molecule has 1 unspecified atom stereocenters. The van der Waals surface area contributed by atoms with Crippen LogP contribution in [0.25, 0.3) is 0 Å². The van der Waals surface area contributed by atoms with Crippen LogP contribution in [-0.2, 0) is 14.8 Å². The van der Waals surface area contributed by atoms with Crippen LogP contribution in [0.2, 0.25) is 0 Å². The van der Waals surface area contributed by atoms with E-state index in [0.717, 1.165) is 0 Å². The third kappa shape index (κ3) is 4.41. The number of nitrogens with one attached hydrogen (secondary N) is 1. The van der Waals surface area contributed by atoms with Crippen molar-refractivity contribution >= 4 is 15.9 Å². The Hall–Kier alpha value is -0.700. The van der Waals surface area contributed by atoms with E-state index in [1.165, 1.54) is 10.6 Å². The van der Waals surface area contributed by atoms with Gasteiger partial charge in [0.15, 0.2) is 0 Å². The normalized spacial score (nSPS) is 22.1. The van der Waals surface area contributed by atoms with E-state index in [1.54, 1.807) is 6.92 Å². The van der Waals surface area contributed by atoms with Gasteiger partial charge in [0.1, 0.15) is 5.54 Å². The van der Waals surface area contributed by atoms with Crippen molar-refractivity contribution < 1.29 is 13.2 Å². The zero-order valence-corrected chi connectivity index (χ0v) is 12.7. The molecule has 19 heavy (non-hydrogen) atoms. The van der Waals surface area contributed by atoms with Crippen molar-refractivity contribution in [2.45, 2.75) is 19.4 Å². The Balaban J connectivity index is 2.59. The molecular formula is C11H24N4O3S. The molecule has 0 aliphatic carbocycles. The minimum atomic E-state index is -3.12.